The second kappa shape index (κ2) is 5.44. The number of nitrogens with one attached hydrogen (secondary N) is 1. The third-order valence-corrected chi connectivity index (χ3v) is 5.09. The quantitative estimate of drug-likeness (QED) is 0.487. The molecule has 2 aromatic carbocycles. The molecule has 5 heteroatoms. The zero-order chi connectivity index (χ0) is 16.8. The van der Waals surface area contributed by atoms with Crippen molar-refractivity contribution in [1.29, 1.82) is 0 Å². The zero-order valence-corrected chi connectivity index (χ0v) is 13.2. The van der Waals surface area contributed by atoms with E-state index in [1.54, 1.807) is 12.1 Å². The van der Waals surface area contributed by atoms with Gasteiger partial charge in [0, 0.05) is 23.7 Å². The maximum atomic E-state index is 13.2. The molecule has 0 spiro atoms. The Morgan fingerprint density at radius 3 is 2.71 bits per heavy atom. The molecule has 2 aromatic rings. The Hall–Kier alpha value is -2.69. The molecule has 0 saturated heterocycles. The van der Waals surface area contributed by atoms with Gasteiger partial charge in [-0.05, 0) is 48.1 Å². The SMILES string of the molecule is Cc1cc([N+](=O)[O-])cc2c1N[C@H](c1ccc(F)cc1)[C@@H]1CC=C[C@@H]21. The topological polar surface area (TPSA) is 55.2 Å². The lowest BCUT2D eigenvalue weighted by Gasteiger charge is -2.38. The third kappa shape index (κ3) is 2.28. The summed E-state index contributed by atoms with van der Waals surface area (Å²) in [5.41, 5.74) is 3.98. The first-order chi connectivity index (χ1) is 11.5. The van der Waals surface area contributed by atoms with Crippen LogP contribution >= 0.6 is 0 Å². The van der Waals surface area contributed by atoms with Crippen LogP contribution in [0.5, 0.6) is 0 Å². The van der Waals surface area contributed by atoms with Crippen molar-refractivity contribution in [2.45, 2.75) is 25.3 Å². The minimum atomic E-state index is -0.340. The molecule has 2 aliphatic rings. The number of nitro benzene ring substituents is 1. The van der Waals surface area contributed by atoms with Gasteiger partial charge in [-0.3, -0.25) is 10.1 Å². The normalized spacial score (nSPS) is 24.2. The number of allylic oxidation sites excluding steroid dienone is 2. The van der Waals surface area contributed by atoms with Gasteiger partial charge in [-0.2, -0.15) is 0 Å². The molecular weight excluding hydrogens is 307 g/mol. The van der Waals surface area contributed by atoms with Crippen molar-refractivity contribution in [3.8, 4) is 0 Å². The Balaban J connectivity index is 1.82. The molecule has 4 rings (SSSR count). The number of rotatable bonds is 2. The Morgan fingerprint density at radius 1 is 1.25 bits per heavy atom. The van der Waals surface area contributed by atoms with Crippen LogP contribution in [-0.2, 0) is 0 Å². The summed E-state index contributed by atoms with van der Waals surface area (Å²) in [6.07, 6.45) is 5.18. The van der Waals surface area contributed by atoms with Crippen LogP contribution in [0, 0.1) is 28.8 Å². The van der Waals surface area contributed by atoms with Crippen molar-refractivity contribution in [2.75, 3.05) is 5.32 Å². The number of non-ortho nitro benzene ring substituents is 1. The Kier molecular flexibility index (Phi) is 3.37. The number of hydrogen-bond donors (Lipinski definition) is 1. The summed E-state index contributed by atoms with van der Waals surface area (Å²) in [6, 6.07) is 9.94. The van der Waals surface area contributed by atoms with Crippen molar-refractivity contribution >= 4 is 11.4 Å². The van der Waals surface area contributed by atoms with Gasteiger partial charge in [-0.25, -0.2) is 4.39 Å². The molecule has 3 atom stereocenters. The highest BCUT2D eigenvalue weighted by molar-refractivity contribution is 5.67. The van der Waals surface area contributed by atoms with E-state index in [2.05, 4.69) is 17.5 Å². The summed E-state index contributed by atoms with van der Waals surface area (Å²) >= 11 is 0. The van der Waals surface area contributed by atoms with Crippen molar-refractivity contribution in [3.05, 3.63) is 81.2 Å². The van der Waals surface area contributed by atoms with Gasteiger partial charge < -0.3 is 5.32 Å². The molecule has 1 heterocycles. The molecule has 0 unspecified atom stereocenters. The van der Waals surface area contributed by atoms with Gasteiger partial charge in [-0.15, -0.1) is 0 Å². The van der Waals surface area contributed by atoms with Crippen LogP contribution in [0.1, 0.15) is 35.1 Å². The van der Waals surface area contributed by atoms with Crippen molar-refractivity contribution < 1.29 is 9.31 Å². The standard InChI is InChI=1S/C19H17FN2O2/c1-11-9-14(22(23)24)10-17-15-3-2-4-16(15)19(21-18(11)17)12-5-7-13(20)8-6-12/h2-3,5-10,15-16,19,21H,4H2,1H3/t15-,16-,19-/m1/s1. The summed E-state index contributed by atoms with van der Waals surface area (Å²) < 4.78 is 13.2. The largest absolute Gasteiger partial charge is 0.377 e. The van der Waals surface area contributed by atoms with Crippen molar-refractivity contribution in [3.63, 3.8) is 0 Å². The van der Waals surface area contributed by atoms with Crippen LogP contribution in [0.3, 0.4) is 0 Å². The fourth-order valence-corrected chi connectivity index (χ4v) is 3.97. The Bertz CT molecular complexity index is 845. The van der Waals surface area contributed by atoms with Crippen LogP contribution in [0.4, 0.5) is 15.8 Å². The van der Waals surface area contributed by atoms with E-state index in [1.807, 2.05) is 19.1 Å². The highest BCUT2D eigenvalue weighted by Crippen LogP contribution is 2.51. The molecule has 4 nitrogen and oxygen atoms in total. The maximum absolute atomic E-state index is 13.2. The van der Waals surface area contributed by atoms with Crippen LogP contribution < -0.4 is 5.32 Å². The van der Waals surface area contributed by atoms with E-state index < -0.39 is 0 Å². The molecule has 0 saturated carbocycles. The van der Waals surface area contributed by atoms with E-state index in [-0.39, 0.29) is 34.3 Å². The number of nitro groups is 1. The molecule has 0 aromatic heterocycles. The lowest BCUT2D eigenvalue weighted by Crippen LogP contribution is -2.29. The Morgan fingerprint density at radius 2 is 2.00 bits per heavy atom. The molecule has 24 heavy (non-hydrogen) atoms. The first-order valence-corrected chi connectivity index (χ1v) is 8.02. The van der Waals surface area contributed by atoms with Crippen LogP contribution in [0.2, 0.25) is 0 Å². The number of anilines is 1. The fourth-order valence-electron chi connectivity index (χ4n) is 3.97. The predicted molar refractivity (Wildman–Crippen MR) is 90.6 cm³/mol. The summed E-state index contributed by atoms with van der Waals surface area (Å²) in [5.74, 6) is 0.183. The van der Waals surface area contributed by atoms with E-state index in [4.69, 9.17) is 0 Å². The second-order valence-electron chi connectivity index (χ2n) is 6.51. The molecule has 1 N–H and O–H groups in total. The van der Waals surface area contributed by atoms with Gasteiger partial charge in [-0.1, -0.05) is 24.3 Å². The monoisotopic (exact) mass is 324 g/mol. The smallest absolute Gasteiger partial charge is 0.270 e. The number of benzene rings is 2. The molecule has 1 aliphatic heterocycles. The van der Waals surface area contributed by atoms with E-state index >= 15 is 0 Å². The maximum Gasteiger partial charge on any atom is 0.270 e. The first kappa shape index (κ1) is 14.9. The highest BCUT2D eigenvalue weighted by Gasteiger charge is 2.39. The van der Waals surface area contributed by atoms with Crippen LogP contribution in [0.15, 0.2) is 48.6 Å². The van der Waals surface area contributed by atoms with Crippen LogP contribution in [0.25, 0.3) is 0 Å². The molecule has 0 amide bonds. The summed E-state index contributed by atoms with van der Waals surface area (Å²) in [7, 11) is 0. The second-order valence-corrected chi connectivity index (χ2v) is 6.51. The number of hydrogen-bond acceptors (Lipinski definition) is 3. The number of aryl methyl sites for hydroxylation is 1. The first-order valence-electron chi connectivity index (χ1n) is 8.02. The minimum absolute atomic E-state index is 0.0678. The lowest BCUT2D eigenvalue weighted by atomic mass is 9.76. The van der Waals surface area contributed by atoms with Gasteiger partial charge in [0.15, 0.2) is 0 Å². The average molecular weight is 324 g/mol. The van der Waals surface area contributed by atoms with Gasteiger partial charge in [0.2, 0.25) is 0 Å². The van der Waals surface area contributed by atoms with Gasteiger partial charge >= 0.3 is 0 Å². The Labute approximate surface area is 139 Å². The molecule has 0 radical (unpaired) electrons. The summed E-state index contributed by atoms with van der Waals surface area (Å²) in [5, 5.41) is 14.7. The molecule has 122 valence electrons. The predicted octanol–water partition coefficient (Wildman–Crippen LogP) is 4.87. The lowest BCUT2D eigenvalue weighted by molar-refractivity contribution is -0.385. The van der Waals surface area contributed by atoms with Gasteiger partial charge in [0.25, 0.3) is 5.69 Å². The van der Waals surface area contributed by atoms with Crippen molar-refractivity contribution in [2.24, 2.45) is 5.92 Å². The molecular formula is C19H17FN2O2. The van der Waals surface area contributed by atoms with E-state index in [0.717, 1.165) is 28.8 Å². The molecule has 1 aliphatic carbocycles. The van der Waals surface area contributed by atoms with Gasteiger partial charge in [0.1, 0.15) is 5.82 Å². The summed E-state index contributed by atoms with van der Waals surface area (Å²) in [4.78, 5) is 10.8. The van der Waals surface area contributed by atoms with E-state index in [9.17, 15) is 14.5 Å². The molecule has 0 fully saturated rings. The third-order valence-electron chi connectivity index (χ3n) is 5.09. The van der Waals surface area contributed by atoms with E-state index in [1.165, 1.54) is 12.1 Å². The highest BCUT2D eigenvalue weighted by atomic mass is 19.1. The molecule has 0 bridgehead atoms. The number of halogens is 1. The number of fused-ring (bicyclic) bond motifs is 3. The minimum Gasteiger partial charge on any atom is -0.377 e. The summed E-state index contributed by atoms with van der Waals surface area (Å²) in [6.45, 7) is 1.89. The van der Waals surface area contributed by atoms with Crippen molar-refractivity contribution in [1.82, 2.24) is 0 Å². The van der Waals surface area contributed by atoms with Crippen LogP contribution in [-0.4, -0.2) is 4.92 Å². The van der Waals surface area contributed by atoms with Gasteiger partial charge in [0.05, 0.1) is 11.0 Å². The zero-order valence-electron chi connectivity index (χ0n) is 13.2. The average Bonchev–Trinajstić information content (AvgIpc) is 3.05. The number of nitrogens with zero attached hydrogens (tertiary/aromatic N) is 1. The fraction of sp³-hybridized carbons (Fsp3) is 0.263. The van der Waals surface area contributed by atoms with E-state index in [0.29, 0.717) is 0 Å².